The molecule has 0 bridgehead atoms. The Morgan fingerprint density at radius 3 is 2.60 bits per heavy atom. The summed E-state index contributed by atoms with van der Waals surface area (Å²) in [5.41, 5.74) is 7.61. The molecule has 1 saturated carbocycles. The molecule has 1 aromatic rings. The molecule has 0 amide bonds. The molecule has 1 aliphatic carbocycles. The molecule has 0 radical (unpaired) electrons. The van der Waals surface area contributed by atoms with Crippen LogP contribution in [0.4, 0.5) is 0 Å². The normalized spacial score (nSPS) is 18.6. The molecule has 2 nitrogen and oxygen atoms in total. The Bertz CT molecular complexity index is 380. The third-order valence-electron chi connectivity index (χ3n) is 3.55. The van der Waals surface area contributed by atoms with Crippen molar-refractivity contribution < 1.29 is 5.11 Å². The van der Waals surface area contributed by atoms with Crippen LogP contribution in [-0.2, 0) is 5.41 Å². The number of aryl methyl sites for hydroxylation is 1. The van der Waals surface area contributed by atoms with Gasteiger partial charge in [0.25, 0.3) is 0 Å². The lowest BCUT2D eigenvalue weighted by Gasteiger charge is -2.41. The van der Waals surface area contributed by atoms with Crippen LogP contribution in [0, 0.1) is 6.92 Å². The highest BCUT2D eigenvalue weighted by molar-refractivity contribution is 6.31. The molecular formula is C12H16ClNO. The number of halogens is 1. The highest BCUT2D eigenvalue weighted by Gasteiger charge is 2.39. The van der Waals surface area contributed by atoms with Gasteiger partial charge in [0, 0.05) is 22.5 Å². The zero-order valence-electron chi connectivity index (χ0n) is 8.89. The van der Waals surface area contributed by atoms with Crippen LogP contribution < -0.4 is 5.73 Å². The van der Waals surface area contributed by atoms with Gasteiger partial charge in [-0.2, -0.15) is 0 Å². The third kappa shape index (κ3) is 1.62. The van der Waals surface area contributed by atoms with Crippen molar-refractivity contribution in [1.82, 2.24) is 0 Å². The van der Waals surface area contributed by atoms with Crippen molar-refractivity contribution in [2.45, 2.75) is 31.6 Å². The van der Waals surface area contributed by atoms with Crippen molar-refractivity contribution in [3.05, 3.63) is 28.3 Å². The maximum absolute atomic E-state index is 9.93. The Hall–Kier alpha value is -0.730. The van der Waals surface area contributed by atoms with Crippen molar-refractivity contribution in [2.24, 2.45) is 5.73 Å². The molecule has 82 valence electrons. The van der Waals surface area contributed by atoms with Crippen LogP contribution in [0.2, 0.25) is 5.02 Å². The van der Waals surface area contributed by atoms with Gasteiger partial charge in [0.05, 0.1) is 0 Å². The van der Waals surface area contributed by atoms with E-state index in [1.54, 1.807) is 6.07 Å². The molecule has 0 spiro atoms. The molecule has 3 N–H and O–H groups in total. The van der Waals surface area contributed by atoms with E-state index in [1.165, 1.54) is 6.42 Å². The smallest absolute Gasteiger partial charge is 0.119 e. The molecule has 0 aliphatic heterocycles. The van der Waals surface area contributed by atoms with Crippen molar-refractivity contribution in [1.29, 1.82) is 0 Å². The Labute approximate surface area is 95.1 Å². The van der Waals surface area contributed by atoms with E-state index >= 15 is 0 Å². The molecule has 3 heteroatoms. The largest absolute Gasteiger partial charge is 0.508 e. The average molecular weight is 226 g/mol. The van der Waals surface area contributed by atoms with Crippen molar-refractivity contribution in [3.8, 4) is 5.75 Å². The number of phenolic OH excluding ortho intramolecular Hbond substituents is 1. The first-order valence-corrected chi connectivity index (χ1v) is 5.66. The lowest BCUT2D eigenvalue weighted by atomic mass is 9.64. The molecule has 0 aromatic heterocycles. The van der Waals surface area contributed by atoms with Crippen LogP contribution in [0.1, 0.15) is 30.4 Å². The zero-order chi connectivity index (χ0) is 11.1. The Kier molecular flexibility index (Phi) is 2.65. The first-order valence-electron chi connectivity index (χ1n) is 5.29. The minimum atomic E-state index is -0.0264. The second-order valence-corrected chi connectivity index (χ2v) is 4.86. The zero-order valence-corrected chi connectivity index (χ0v) is 9.64. The minimum absolute atomic E-state index is 0.0264. The predicted octanol–water partition coefficient (Wildman–Crippen LogP) is 2.73. The summed E-state index contributed by atoms with van der Waals surface area (Å²) in [6.45, 7) is 2.47. The van der Waals surface area contributed by atoms with Crippen LogP contribution in [0.5, 0.6) is 5.75 Å². The van der Waals surface area contributed by atoms with Gasteiger partial charge in [-0.1, -0.05) is 18.0 Å². The first kappa shape index (κ1) is 10.8. The van der Waals surface area contributed by atoms with Gasteiger partial charge >= 0.3 is 0 Å². The molecule has 15 heavy (non-hydrogen) atoms. The summed E-state index contributed by atoms with van der Waals surface area (Å²) < 4.78 is 0. The SMILES string of the molecule is Cc1cc(O)c(C2(CN)CCC2)cc1Cl. The fourth-order valence-electron chi connectivity index (χ4n) is 2.28. The van der Waals surface area contributed by atoms with Gasteiger partial charge in [-0.25, -0.2) is 0 Å². The van der Waals surface area contributed by atoms with Crippen molar-refractivity contribution in [2.75, 3.05) is 6.54 Å². The molecule has 0 unspecified atom stereocenters. The summed E-state index contributed by atoms with van der Waals surface area (Å²) >= 11 is 6.08. The highest BCUT2D eigenvalue weighted by Crippen LogP contribution is 2.47. The Morgan fingerprint density at radius 1 is 1.47 bits per heavy atom. The maximum Gasteiger partial charge on any atom is 0.119 e. The molecule has 1 aromatic carbocycles. The summed E-state index contributed by atoms with van der Waals surface area (Å²) in [6.07, 6.45) is 3.29. The van der Waals surface area contributed by atoms with Crippen LogP contribution >= 0.6 is 11.6 Å². The van der Waals surface area contributed by atoms with Gasteiger partial charge < -0.3 is 10.8 Å². The second-order valence-electron chi connectivity index (χ2n) is 4.46. The second kappa shape index (κ2) is 3.69. The molecule has 2 rings (SSSR count). The van der Waals surface area contributed by atoms with Gasteiger partial charge in [-0.15, -0.1) is 0 Å². The summed E-state index contributed by atoms with van der Waals surface area (Å²) in [5, 5.41) is 10.6. The fraction of sp³-hybridized carbons (Fsp3) is 0.500. The summed E-state index contributed by atoms with van der Waals surface area (Å²) in [6, 6.07) is 3.60. The van der Waals surface area contributed by atoms with Gasteiger partial charge in [0.1, 0.15) is 5.75 Å². The van der Waals surface area contributed by atoms with Crippen molar-refractivity contribution >= 4 is 11.6 Å². The molecular weight excluding hydrogens is 210 g/mol. The topological polar surface area (TPSA) is 46.2 Å². The summed E-state index contributed by atoms with van der Waals surface area (Å²) in [4.78, 5) is 0. The van der Waals surface area contributed by atoms with Crippen LogP contribution in [0.3, 0.4) is 0 Å². The maximum atomic E-state index is 9.93. The predicted molar refractivity (Wildman–Crippen MR) is 62.4 cm³/mol. The summed E-state index contributed by atoms with van der Waals surface area (Å²) in [7, 11) is 0. The number of rotatable bonds is 2. The van der Waals surface area contributed by atoms with Gasteiger partial charge in [0.2, 0.25) is 0 Å². The quantitative estimate of drug-likeness (QED) is 0.813. The lowest BCUT2D eigenvalue weighted by molar-refractivity contribution is 0.245. The van der Waals surface area contributed by atoms with Gasteiger partial charge in [-0.05, 0) is 37.5 Å². The lowest BCUT2D eigenvalue weighted by Crippen LogP contribution is -2.41. The van der Waals surface area contributed by atoms with Gasteiger partial charge in [0.15, 0.2) is 0 Å². The van der Waals surface area contributed by atoms with E-state index < -0.39 is 0 Å². The van der Waals surface area contributed by atoms with E-state index in [9.17, 15) is 5.11 Å². The summed E-state index contributed by atoms with van der Waals surface area (Å²) in [5.74, 6) is 0.335. The van der Waals surface area contributed by atoms with E-state index in [-0.39, 0.29) is 5.41 Å². The fourth-order valence-corrected chi connectivity index (χ4v) is 2.44. The number of benzene rings is 1. The number of hydrogen-bond donors (Lipinski definition) is 2. The highest BCUT2D eigenvalue weighted by atomic mass is 35.5. The van der Waals surface area contributed by atoms with E-state index in [0.717, 1.165) is 24.0 Å². The first-order chi connectivity index (χ1) is 7.09. The standard InChI is InChI=1S/C12H16ClNO/c1-8-5-11(15)9(6-10(8)13)12(7-14)3-2-4-12/h5-6,15H,2-4,7,14H2,1H3. The number of hydrogen-bond acceptors (Lipinski definition) is 2. The van der Waals surface area contributed by atoms with E-state index in [2.05, 4.69) is 0 Å². The van der Waals surface area contributed by atoms with E-state index in [0.29, 0.717) is 17.3 Å². The monoisotopic (exact) mass is 225 g/mol. The number of nitrogens with two attached hydrogens (primary N) is 1. The van der Waals surface area contributed by atoms with E-state index in [4.69, 9.17) is 17.3 Å². The molecule has 0 saturated heterocycles. The molecule has 1 fully saturated rings. The number of phenols is 1. The molecule has 1 aliphatic rings. The minimum Gasteiger partial charge on any atom is -0.508 e. The van der Waals surface area contributed by atoms with Crippen LogP contribution in [0.25, 0.3) is 0 Å². The van der Waals surface area contributed by atoms with E-state index in [1.807, 2.05) is 13.0 Å². The third-order valence-corrected chi connectivity index (χ3v) is 3.96. The van der Waals surface area contributed by atoms with Crippen LogP contribution in [0.15, 0.2) is 12.1 Å². The van der Waals surface area contributed by atoms with Gasteiger partial charge in [-0.3, -0.25) is 0 Å². The Morgan fingerprint density at radius 2 is 2.13 bits per heavy atom. The average Bonchev–Trinajstić information content (AvgIpc) is 2.12. The number of aromatic hydroxyl groups is 1. The molecule has 0 heterocycles. The van der Waals surface area contributed by atoms with Crippen LogP contribution in [-0.4, -0.2) is 11.7 Å². The molecule has 0 atom stereocenters. The van der Waals surface area contributed by atoms with Crippen molar-refractivity contribution in [3.63, 3.8) is 0 Å². The Balaban J connectivity index is 2.47.